The monoisotopic (exact) mass is 275 g/mol. The molecule has 1 aliphatic carbocycles. The number of aliphatic hydroxyl groups is 1. The third kappa shape index (κ3) is 4.34. The standard InChI is InChI=1S/C17H25NO2/c1-2-13-7-9-14(10-8-13)11-12-17(20)18-15-5-3-4-6-16(15)19/h7-10,15-16,19H,2-6,11-12H2,1H3,(H,18,20). The van der Waals surface area contributed by atoms with E-state index in [-0.39, 0.29) is 18.1 Å². The molecular weight excluding hydrogens is 250 g/mol. The van der Waals surface area contributed by atoms with E-state index in [9.17, 15) is 9.90 Å². The number of rotatable bonds is 5. The zero-order chi connectivity index (χ0) is 14.4. The summed E-state index contributed by atoms with van der Waals surface area (Å²) in [6.07, 6.45) is 5.81. The van der Waals surface area contributed by atoms with Crippen molar-refractivity contribution in [2.75, 3.05) is 0 Å². The smallest absolute Gasteiger partial charge is 0.220 e. The van der Waals surface area contributed by atoms with Crippen LogP contribution in [0.5, 0.6) is 0 Å². The third-order valence-corrected chi connectivity index (χ3v) is 4.15. The number of benzene rings is 1. The minimum absolute atomic E-state index is 0.0429. The van der Waals surface area contributed by atoms with Crippen molar-refractivity contribution in [2.24, 2.45) is 0 Å². The first-order chi connectivity index (χ1) is 9.69. The summed E-state index contributed by atoms with van der Waals surface area (Å²) in [7, 11) is 0. The molecule has 1 fully saturated rings. The Balaban J connectivity index is 1.76. The molecule has 20 heavy (non-hydrogen) atoms. The van der Waals surface area contributed by atoms with E-state index in [1.807, 2.05) is 0 Å². The van der Waals surface area contributed by atoms with E-state index in [0.29, 0.717) is 6.42 Å². The molecule has 1 saturated carbocycles. The molecule has 0 bridgehead atoms. The van der Waals surface area contributed by atoms with Crippen LogP contribution in [-0.2, 0) is 17.6 Å². The SMILES string of the molecule is CCc1ccc(CCC(=O)NC2CCCCC2O)cc1. The first-order valence-corrected chi connectivity index (χ1v) is 7.74. The highest BCUT2D eigenvalue weighted by Gasteiger charge is 2.24. The molecule has 2 atom stereocenters. The van der Waals surface area contributed by atoms with Crippen molar-refractivity contribution in [1.29, 1.82) is 0 Å². The number of carbonyl (C=O) groups is 1. The number of amides is 1. The van der Waals surface area contributed by atoms with Crippen LogP contribution in [-0.4, -0.2) is 23.2 Å². The first-order valence-electron chi connectivity index (χ1n) is 7.74. The highest BCUT2D eigenvalue weighted by atomic mass is 16.3. The van der Waals surface area contributed by atoms with Crippen molar-refractivity contribution in [3.05, 3.63) is 35.4 Å². The highest BCUT2D eigenvalue weighted by Crippen LogP contribution is 2.18. The number of hydrogen-bond acceptors (Lipinski definition) is 2. The Morgan fingerprint density at radius 2 is 1.85 bits per heavy atom. The second-order valence-corrected chi connectivity index (χ2v) is 5.70. The van der Waals surface area contributed by atoms with Crippen molar-refractivity contribution in [2.45, 2.75) is 64.0 Å². The number of hydrogen-bond donors (Lipinski definition) is 2. The van der Waals surface area contributed by atoms with E-state index in [0.717, 1.165) is 38.5 Å². The fourth-order valence-electron chi connectivity index (χ4n) is 2.76. The predicted molar refractivity (Wildman–Crippen MR) is 80.5 cm³/mol. The fourth-order valence-corrected chi connectivity index (χ4v) is 2.76. The molecule has 3 nitrogen and oxygen atoms in total. The number of aryl methyl sites for hydroxylation is 2. The van der Waals surface area contributed by atoms with Crippen molar-refractivity contribution in [3.63, 3.8) is 0 Å². The second kappa shape index (κ2) is 7.44. The molecule has 3 heteroatoms. The molecule has 1 aromatic rings. The van der Waals surface area contributed by atoms with Crippen LogP contribution in [0.15, 0.2) is 24.3 Å². The van der Waals surface area contributed by atoms with Crippen LogP contribution in [0, 0.1) is 0 Å². The van der Waals surface area contributed by atoms with E-state index >= 15 is 0 Å². The van der Waals surface area contributed by atoms with Gasteiger partial charge in [0.1, 0.15) is 0 Å². The summed E-state index contributed by atoms with van der Waals surface area (Å²) in [4.78, 5) is 11.9. The lowest BCUT2D eigenvalue weighted by atomic mass is 9.92. The van der Waals surface area contributed by atoms with Crippen molar-refractivity contribution < 1.29 is 9.90 Å². The lowest BCUT2D eigenvalue weighted by Gasteiger charge is -2.28. The average Bonchev–Trinajstić information content (AvgIpc) is 2.48. The van der Waals surface area contributed by atoms with Gasteiger partial charge < -0.3 is 10.4 Å². The van der Waals surface area contributed by atoms with Gasteiger partial charge >= 0.3 is 0 Å². The van der Waals surface area contributed by atoms with Crippen LogP contribution in [0.25, 0.3) is 0 Å². The van der Waals surface area contributed by atoms with Crippen molar-refractivity contribution in [1.82, 2.24) is 5.32 Å². The van der Waals surface area contributed by atoms with Crippen LogP contribution < -0.4 is 5.32 Å². The molecule has 0 saturated heterocycles. The Morgan fingerprint density at radius 3 is 2.50 bits per heavy atom. The molecule has 1 amide bonds. The number of aliphatic hydroxyl groups excluding tert-OH is 1. The van der Waals surface area contributed by atoms with Gasteiger partial charge in [0, 0.05) is 6.42 Å². The maximum atomic E-state index is 11.9. The summed E-state index contributed by atoms with van der Waals surface area (Å²) >= 11 is 0. The molecule has 0 spiro atoms. The lowest BCUT2D eigenvalue weighted by Crippen LogP contribution is -2.45. The van der Waals surface area contributed by atoms with Crippen molar-refractivity contribution >= 4 is 5.91 Å². The molecule has 0 radical (unpaired) electrons. The summed E-state index contributed by atoms with van der Waals surface area (Å²) < 4.78 is 0. The minimum atomic E-state index is -0.364. The van der Waals surface area contributed by atoms with E-state index in [2.05, 4.69) is 36.5 Å². The van der Waals surface area contributed by atoms with E-state index < -0.39 is 0 Å². The predicted octanol–water partition coefficient (Wildman–Crippen LogP) is 2.60. The maximum Gasteiger partial charge on any atom is 0.220 e. The average molecular weight is 275 g/mol. The molecule has 0 aromatic heterocycles. The Bertz CT molecular complexity index is 427. The minimum Gasteiger partial charge on any atom is -0.391 e. The van der Waals surface area contributed by atoms with Crippen LogP contribution in [0.4, 0.5) is 0 Å². The van der Waals surface area contributed by atoms with E-state index in [1.54, 1.807) is 0 Å². The molecule has 2 rings (SSSR count). The van der Waals surface area contributed by atoms with Gasteiger partial charge in [-0.15, -0.1) is 0 Å². The number of carbonyl (C=O) groups excluding carboxylic acids is 1. The van der Waals surface area contributed by atoms with Crippen LogP contribution in [0.3, 0.4) is 0 Å². The Kier molecular flexibility index (Phi) is 5.60. The molecule has 2 unspecified atom stereocenters. The maximum absolute atomic E-state index is 11.9. The quantitative estimate of drug-likeness (QED) is 0.868. The molecule has 1 aliphatic rings. The van der Waals surface area contributed by atoms with Gasteiger partial charge in [0.25, 0.3) is 0 Å². The van der Waals surface area contributed by atoms with Gasteiger partial charge in [-0.2, -0.15) is 0 Å². The van der Waals surface area contributed by atoms with Gasteiger partial charge in [-0.05, 0) is 36.8 Å². The Labute approximate surface area is 121 Å². The summed E-state index contributed by atoms with van der Waals surface area (Å²) in [6, 6.07) is 8.40. The molecular formula is C17H25NO2. The molecule has 1 aromatic carbocycles. The first kappa shape index (κ1) is 15.0. The van der Waals surface area contributed by atoms with Gasteiger partial charge in [0.2, 0.25) is 5.91 Å². The van der Waals surface area contributed by atoms with E-state index in [4.69, 9.17) is 0 Å². The largest absolute Gasteiger partial charge is 0.391 e. The van der Waals surface area contributed by atoms with Gasteiger partial charge in [-0.1, -0.05) is 44.0 Å². The topological polar surface area (TPSA) is 49.3 Å². The summed E-state index contributed by atoms with van der Waals surface area (Å²) in [6.45, 7) is 2.14. The lowest BCUT2D eigenvalue weighted by molar-refractivity contribution is -0.123. The normalized spacial score (nSPS) is 22.5. The van der Waals surface area contributed by atoms with Gasteiger partial charge in [-0.3, -0.25) is 4.79 Å². The molecule has 110 valence electrons. The van der Waals surface area contributed by atoms with Gasteiger partial charge in [0.15, 0.2) is 0 Å². The van der Waals surface area contributed by atoms with Crippen molar-refractivity contribution in [3.8, 4) is 0 Å². The second-order valence-electron chi connectivity index (χ2n) is 5.70. The van der Waals surface area contributed by atoms with Crippen LogP contribution >= 0.6 is 0 Å². The third-order valence-electron chi connectivity index (χ3n) is 4.15. The molecule has 0 heterocycles. The van der Waals surface area contributed by atoms with Crippen LogP contribution in [0.2, 0.25) is 0 Å². The summed E-state index contributed by atoms with van der Waals surface area (Å²) in [5.41, 5.74) is 2.52. The van der Waals surface area contributed by atoms with Crippen LogP contribution in [0.1, 0.15) is 50.2 Å². The van der Waals surface area contributed by atoms with Gasteiger partial charge in [0.05, 0.1) is 12.1 Å². The zero-order valence-corrected chi connectivity index (χ0v) is 12.3. The summed E-state index contributed by atoms with van der Waals surface area (Å²) in [5.74, 6) is 0.0514. The Hall–Kier alpha value is -1.35. The van der Waals surface area contributed by atoms with E-state index in [1.165, 1.54) is 11.1 Å². The summed E-state index contributed by atoms with van der Waals surface area (Å²) in [5, 5.41) is 12.8. The fraction of sp³-hybridized carbons (Fsp3) is 0.588. The zero-order valence-electron chi connectivity index (χ0n) is 12.3. The van der Waals surface area contributed by atoms with Gasteiger partial charge in [-0.25, -0.2) is 0 Å². The number of nitrogens with one attached hydrogen (secondary N) is 1. The molecule has 2 N–H and O–H groups in total. The molecule has 0 aliphatic heterocycles. The highest BCUT2D eigenvalue weighted by molar-refractivity contribution is 5.76. The Morgan fingerprint density at radius 1 is 1.20 bits per heavy atom.